The van der Waals surface area contributed by atoms with E-state index >= 15 is 0 Å². The summed E-state index contributed by atoms with van der Waals surface area (Å²) >= 11 is 1.43. The average molecular weight is 382 g/mol. The summed E-state index contributed by atoms with van der Waals surface area (Å²) in [5.74, 6) is 2.04. The average Bonchev–Trinajstić information content (AvgIpc) is 3.09. The lowest BCUT2D eigenvalue weighted by molar-refractivity contribution is 0.102. The SMILES string of the molecule is CCn1c(SCC(=O)c2ccc(C)cc2C)nnc1-c1ccc(OC)cc1. The molecule has 0 radical (unpaired) electrons. The van der Waals surface area contributed by atoms with Crippen LogP contribution in [0.15, 0.2) is 47.6 Å². The van der Waals surface area contributed by atoms with Gasteiger partial charge in [0.1, 0.15) is 5.75 Å². The van der Waals surface area contributed by atoms with Crippen molar-refractivity contribution in [2.75, 3.05) is 12.9 Å². The maximum Gasteiger partial charge on any atom is 0.191 e. The summed E-state index contributed by atoms with van der Waals surface area (Å²) in [5, 5.41) is 9.38. The second-order valence-electron chi connectivity index (χ2n) is 6.31. The van der Waals surface area contributed by atoms with Gasteiger partial charge < -0.3 is 9.30 Å². The molecule has 2 aromatic carbocycles. The second-order valence-corrected chi connectivity index (χ2v) is 7.25. The number of ketones is 1. The summed E-state index contributed by atoms with van der Waals surface area (Å²) in [6, 6.07) is 13.6. The highest BCUT2D eigenvalue weighted by Gasteiger charge is 2.16. The zero-order chi connectivity index (χ0) is 19.4. The zero-order valence-electron chi connectivity index (χ0n) is 16.0. The van der Waals surface area contributed by atoms with Crippen molar-refractivity contribution in [2.24, 2.45) is 0 Å². The van der Waals surface area contributed by atoms with Gasteiger partial charge in [0.25, 0.3) is 0 Å². The zero-order valence-corrected chi connectivity index (χ0v) is 16.8. The van der Waals surface area contributed by atoms with Crippen LogP contribution in [0.1, 0.15) is 28.4 Å². The molecule has 0 N–H and O–H groups in total. The number of aryl methyl sites for hydroxylation is 2. The lowest BCUT2D eigenvalue weighted by Crippen LogP contribution is -2.07. The number of ether oxygens (including phenoxy) is 1. The van der Waals surface area contributed by atoms with E-state index in [-0.39, 0.29) is 5.78 Å². The monoisotopic (exact) mass is 381 g/mol. The molecule has 1 heterocycles. The quantitative estimate of drug-likeness (QED) is 0.443. The van der Waals surface area contributed by atoms with Crippen LogP contribution in [0.2, 0.25) is 0 Å². The summed E-state index contributed by atoms with van der Waals surface area (Å²) < 4.78 is 7.24. The fourth-order valence-corrected chi connectivity index (χ4v) is 3.85. The van der Waals surface area contributed by atoms with Crippen LogP contribution in [0.25, 0.3) is 11.4 Å². The number of hydrogen-bond acceptors (Lipinski definition) is 5. The molecule has 27 heavy (non-hydrogen) atoms. The van der Waals surface area contributed by atoms with Gasteiger partial charge in [0, 0.05) is 17.7 Å². The van der Waals surface area contributed by atoms with E-state index in [0.29, 0.717) is 5.75 Å². The van der Waals surface area contributed by atoms with Crippen molar-refractivity contribution < 1.29 is 9.53 Å². The predicted molar refractivity (Wildman–Crippen MR) is 109 cm³/mol. The number of hydrogen-bond donors (Lipinski definition) is 0. The minimum Gasteiger partial charge on any atom is -0.497 e. The highest BCUT2D eigenvalue weighted by atomic mass is 32.2. The normalized spacial score (nSPS) is 10.8. The first-order valence-corrected chi connectivity index (χ1v) is 9.83. The fraction of sp³-hybridized carbons (Fsp3) is 0.286. The molecule has 0 aliphatic rings. The maximum absolute atomic E-state index is 12.6. The topological polar surface area (TPSA) is 57.0 Å². The Labute approximate surface area is 163 Å². The highest BCUT2D eigenvalue weighted by molar-refractivity contribution is 7.99. The maximum atomic E-state index is 12.6. The molecule has 0 saturated carbocycles. The summed E-state index contributed by atoms with van der Waals surface area (Å²) in [6.45, 7) is 6.78. The summed E-state index contributed by atoms with van der Waals surface area (Å²) in [5.41, 5.74) is 3.91. The summed E-state index contributed by atoms with van der Waals surface area (Å²) in [4.78, 5) is 12.6. The van der Waals surface area contributed by atoms with Gasteiger partial charge in [0.2, 0.25) is 0 Å². The van der Waals surface area contributed by atoms with Crippen molar-refractivity contribution in [3.8, 4) is 17.1 Å². The van der Waals surface area contributed by atoms with Gasteiger partial charge in [-0.15, -0.1) is 10.2 Å². The van der Waals surface area contributed by atoms with E-state index in [2.05, 4.69) is 10.2 Å². The molecule has 6 heteroatoms. The van der Waals surface area contributed by atoms with E-state index in [1.54, 1.807) is 7.11 Å². The Kier molecular flexibility index (Phi) is 5.96. The third-order valence-corrected chi connectivity index (χ3v) is 5.36. The van der Waals surface area contributed by atoms with E-state index in [1.807, 2.05) is 67.8 Å². The third kappa shape index (κ3) is 4.22. The smallest absolute Gasteiger partial charge is 0.191 e. The van der Waals surface area contributed by atoms with E-state index in [9.17, 15) is 4.79 Å². The van der Waals surface area contributed by atoms with Gasteiger partial charge in [-0.05, 0) is 50.6 Å². The summed E-state index contributed by atoms with van der Waals surface area (Å²) in [6.07, 6.45) is 0. The number of methoxy groups -OCH3 is 1. The molecule has 140 valence electrons. The molecule has 3 rings (SSSR count). The van der Waals surface area contributed by atoms with E-state index in [4.69, 9.17) is 4.74 Å². The number of carbonyl (C=O) groups is 1. The van der Waals surface area contributed by atoms with E-state index < -0.39 is 0 Å². The fourth-order valence-electron chi connectivity index (χ4n) is 2.97. The Bertz CT molecular complexity index is 949. The highest BCUT2D eigenvalue weighted by Crippen LogP contribution is 2.26. The van der Waals surface area contributed by atoms with Crippen molar-refractivity contribution >= 4 is 17.5 Å². The van der Waals surface area contributed by atoms with Crippen molar-refractivity contribution in [1.29, 1.82) is 0 Å². The molecule has 0 saturated heterocycles. The molecule has 0 amide bonds. The second kappa shape index (κ2) is 8.39. The molecule has 3 aromatic rings. The number of rotatable bonds is 7. The molecular weight excluding hydrogens is 358 g/mol. The van der Waals surface area contributed by atoms with Gasteiger partial charge in [-0.2, -0.15) is 0 Å². The number of aromatic nitrogens is 3. The third-order valence-electron chi connectivity index (χ3n) is 4.40. The Morgan fingerprint density at radius 3 is 2.48 bits per heavy atom. The number of carbonyl (C=O) groups excluding carboxylic acids is 1. The van der Waals surface area contributed by atoms with Gasteiger partial charge in [-0.1, -0.05) is 35.5 Å². The number of nitrogens with zero attached hydrogens (tertiary/aromatic N) is 3. The molecule has 0 aliphatic heterocycles. The minimum atomic E-state index is 0.106. The first-order chi connectivity index (χ1) is 13.0. The van der Waals surface area contributed by atoms with Gasteiger partial charge >= 0.3 is 0 Å². The van der Waals surface area contributed by atoms with Crippen molar-refractivity contribution in [1.82, 2.24) is 14.8 Å². The van der Waals surface area contributed by atoms with Crippen LogP contribution in [-0.2, 0) is 6.54 Å². The molecule has 0 bridgehead atoms. The first-order valence-electron chi connectivity index (χ1n) is 8.84. The first kappa shape index (κ1) is 19.2. The van der Waals surface area contributed by atoms with Gasteiger partial charge in [-0.3, -0.25) is 4.79 Å². The van der Waals surface area contributed by atoms with Crippen LogP contribution in [0, 0.1) is 13.8 Å². The molecular formula is C21H23N3O2S. The molecule has 1 aromatic heterocycles. The Balaban J connectivity index is 1.77. The molecule has 0 spiro atoms. The van der Waals surface area contributed by atoms with Crippen LogP contribution >= 0.6 is 11.8 Å². The van der Waals surface area contributed by atoms with Crippen LogP contribution < -0.4 is 4.74 Å². The number of benzene rings is 2. The van der Waals surface area contributed by atoms with Crippen LogP contribution in [-0.4, -0.2) is 33.4 Å². The number of thioether (sulfide) groups is 1. The van der Waals surface area contributed by atoms with Crippen molar-refractivity contribution in [3.63, 3.8) is 0 Å². The molecule has 0 aliphatic carbocycles. The molecule has 0 fully saturated rings. The van der Waals surface area contributed by atoms with E-state index in [1.165, 1.54) is 11.8 Å². The van der Waals surface area contributed by atoms with Gasteiger partial charge in [-0.25, -0.2) is 0 Å². The van der Waals surface area contributed by atoms with Crippen molar-refractivity contribution in [2.45, 2.75) is 32.5 Å². The Hall–Kier alpha value is -2.60. The Morgan fingerprint density at radius 1 is 1.11 bits per heavy atom. The van der Waals surface area contributed by atoms with Gasteiger partial charge in [0.05, 0.1) is 12.9 Å². The standard InChI is InChI=1S/C21H23N3O2S/c1-5-24-20(16-7-9-17(26-4)10-8-16)22-23-21(24)27-13-19(25)18-11-6-14(2)12-15(18)3/h6-12H,5,13H2,1-4H3. The molecule has 5 nitrogen and oxygen atoms in total. The predicted octanol–water partition coefficient (Wildman–Crippen LogP) is 4.57. The summed E-state index contributed by atoms with van der Waals surface area (Å²) in [7, 11) is 1.64. The van der Waals surface area contributed by atoms with Crippen LogP contribution in [0.3, 0.4) is 0 Å². The van der Waals surface area contributed by atoms with Crippen LogP contribution in [0.4, 0.5) is 0 Å². The van der Waals surface area contributed by atoms with Crippen LogP contribution in [0.5, 0.6) is 5.75 Å². The Morgan fingerprint density at radius 2 is 1.85 bits per heavy atom. The van der Waals surface area contributed by atoms with Gasteiger partial charge in [0.15, 0.2) is 16.8 Å². The largest absolute Gasteiger partial charge is 0.497 e. The van der Waals surface area contributed by atoms with Crippen molar-refractivity contribution in [3.05, 3.63) is 59.2 Å². The lowest BCUT2D eigenvalue weighted by Gasteiger charge is -2.09. The lowest BCUT2D eigenvalue weighted by atomic mass is 10.0. The molecule has 0 unspecified atom stereocenters. The molecule has 0 atom stereocenters. The number of Topliss-reactive ketones (excluding diaryl/α,β-unsaturated/α-hetero) is 1. The van der Waals surface area contributed by atoms with E-state index in [0.717, 1.165) is 45.5 Å². The minimum absolute atomic E-state index is 0.106.